The van der Waals surface area contributed by atoms with Gasteiger partial charge in [-0.2, -0.15) is 12.1 Å². The van der Waals surface area contributed by atoms with Crippen molar-refractivity contribution >= 4 is 44.7 Å². The van der Waals surface area contributed by atoms with E-state index >= 15 is 0 Å². The summed E-state index contributed by atoms with van der Waals surface area (Å²) in [7, 11) is 0. The molecule has 7 heteroatoms. The van der Waals surface area contributed by atoms with Crippen molar-refractivity contribution in [1.82, 2.24) is 14.5 Å². The molecule has 58 heavy (non-hydrogen) atoms. The standard InChI is InChI=1S/C51H46N5O.Pt/c1-33(2)43-27-36(35-15-9-8-10-16-35)28-44(34(3)4)49(43)55-32-54(50-46(55)21-14-25-53-50)38-17-13-18-39(30-38)57-40-22-23-42-41-19-11-12-20-45(41)56(47(42)31-40)48-29-37(24-26-52-48)51(5,6)7;/h8-29,32-34H,1-7H3;/q-3;. The van der Waals surface area contributed by atoms with Crippen LogP contribution in [0.25, 0.3) is 38.8 Å². The summed E-state index contributed by atoms with van der Waals surface area (Å²) in [6.45, 7) is 17.9. The molecule has 0 radical (unpaired) electrons. The first kappa shape index (κ1) is 39.1. The number of nitrogens with zero attached hydrogens (tertiary/aromatic N) is 5. The Hall–Kier alpha value is -5.71. The smallest absolute Gasteiger partial charge is 0.135 e. The predicted octanol–water partition coefficient (Wildman–Crippen LogP) is 13.6. The summed E-state index contributed by atoms with van der Waals surface area (Å²) < 4.78 is 8.77. The fourth-order valence-electron chi connectivity index (χ4n) is 7.92. The quantitative estimate of drug-likeness (QED) is 0.142. The van der Waals surface area contributed by atoms with Crippen molar-refractivity contribution in [3.63, 3.8) is 0 Å². The Morgan fingerprint density at radius 1 is 0.638 bits per heavy atom. The van der Waals surface area contributed by atoms with Crippen LogP contribution in [0.2, 0.25) is 0 Å². The molecule has 0 atom stereocenters. The second-order valence-electron chi connectivity index (χ2n) is 16.5. The second kappa shape index (κ2) is 15.6. The van der Waals surface area contributed by atoms with Crippen LogP contribution in [0.4, 0.5) is 22.9 Å². The molecule has 8 aromatic rings. The van der Waals surface area contributed by atoms with Gasteiger partial charge in [0, 0.05) is 56.2 Å². The second-order valence-corrected chi connectivity index (χ2v) is 16.5. The maximum atomic E-state index is 6.59. The number of anilines is 4. The molecular formula is C51H46N5OPt-3. The van der Waals surface area contributed by atoms with E-state index in [1.165, 1.54) is 33.5 Å². The Kier molecular flexibility index (Phi) is 10.5. The van der Waals surface area contributed by atoms with Crippen LogP contribution in [-0.4, -0.2) is 14.5 Å². The fraction of sp³-hybridized carbons (Fsp3) is 0.196. The molecule has 4 heterocycles. The summed E-state index contributed by atoms with van der Waals surface area (Å²) in [5.74, 6) is 3.45. The molecule has 0 unspecified atom stereocenters. The van der Waals surface area contributed by atoms with Gasteiger partial charge in [-0.05, 0) is 92.9 Å². The van der Waals surface area contributed by atoms with Crippen LogP contribution in [0, 0.1) is 18.8 Å². The molecule has 0 amide bonds. The van der Waals surface area contributed by atoms with Crippen molar-refractivity contribution in [3.05, 3.63) is 169 Å². The number of hydrogen-bond donors (Lipinski definition) is 0. The maximum absolute atomic E-state index is 6.59. The number of hydrogen-bond acceptors (Lipinski definition) is 5. The Bertz CT molecular complexity index is 2740. The van der Waals surface area contributed by atoms with Crippen LogP contribution in [0.1, 0.15) is 77.0 Å². The van der Waals surface area contributed by atoms with E-state index < -0.39 is 0 Å². The molecule has 0 aliphatic carbocycles. The predicted molar refractivity (Wildman–Crippen MR) is 234 cm³/mol. The minimum Gasteiger partial charge on any atom is -0.509 e. The monoisotopic (exact) mass is 939 g/mol. The summed E-state index contributed by atoms with van der Waals surface area (Å²) in [4.78, 5) is 14.2. The van der Waals surface area contributed by atoms with Gasteiger partial charge in [-0.3, -0.25) is 0 Å². The number of ether oxygens (including phenoxy) is 1. The van der Waals surface area contributed by atoms with E-state index in [9.17, 15) is 0 Å². The molecule has 0 saturated heterocycles. The summed E-state index contributed by atoms with van der Waals surface area (Å²) >= 11 is 0. The summed E-state index contributed by atoms with van der Waals surface area (Å²) in [6, 6.07) is 49.5. The van der Waals surface area contributed by atoms with E-state index in [-0.39, 0.29) is 38.3 Å². The molecule has 0 N–H and O–H groups in total. The molecule has 3 aromatic heterocycles. The van der Waals surface area contributed by atoms with Gasteiger partial charge in [0.15, 0.2) is 0 Å². The van der Waals surface area contributed by atoms with E-state index in [0.717, 1.165) is 44.8 Å². The van der Waals surface area contributed by atoms with Crippen LogP contribution in [0.15, 0.2) is 134 Å². The van der Waals surface area contributed by atoms with Crippen LogP contribution in [0.3, 0.4) is 0 Å². The van der Waals surface area contributed by atoms with Gasteiger partial charge in [-0.25, -0.2) is 9.97 Å². The minimum absolute atomic E-state index is 0. The molecule has 0 bridgehead atoms. The first-order valence-corrected chi connectivity index (χ1v) is 19.8. The Morgan fingerprint density at radius 3 is 2.10 bits per heavy atom. The number of aromatic nitrogens is 3. The SMILES string of the molecule is CC(C)c1cc(-c2ccccc2)cc(C(C)C)c1N1[CH-]N(c2[c-]c(Oc3[c-]c4c(cc3)c3ccccc3n4-c3cc(C(C)(C)C)ccn3)ccc2)c2ncccc21.[Pt]. The molecule has 6 nitrogen and oxygen atoms in total. The van der Waals surface area contributed by atoms with Crippen molar-refractivity contribution in [1.29, 1.82) is 0 Å². The first-order chi connectivity index (χ1) is 27.5. The van der Waals surface area contributed by atoms with E-state index in [1.54, 1.807) is 0 Å². The third kappa shape index (κ3) is 7.09. The van der Waals surface area contributed by atoms with Crippen LogP contribution in [-0.2, 0) is 26.5 Å². The summed E-state index contributed by atoms with van der Waals surface area (Å²) in [5.41, 5.74) is 11.3. The molecule has 9 rings (SSSR count). The van der Waals surface area contributed by atoms with Crippen LogP contribution < -0.4 is 14.5 Å². The fourth-order valence-corrected chi connectivity index (χ4v) is 7.92. The third-order valence-corrected chi connectivity index (χ3v) is 10.9. The summed E-state index contributed by atoms with van der Waals surface area (Å²) in [5, 5.41) is 2.23. The minimum atomic E-state index is -0.0183. The molecule has 1 aliphatic heterocycles. The zero-order valence-corrected chi connectivity index (χ0v) is 36.2. The normalized spacial score (nSPS) is 12.8. The summed E-state index contributed by atoms with van der Waals surface area (Å²) in [6.07, 6.45) is 3.75. The van der Waals surface area contributed by atoms with Gasteiger partial charge in [-0.15, -0.1) is 42.4 Å². The molecule has 0 fully saturated rings. The van der Waals surface area contributed by atoms with Crippen molar-refractivity contribution in [3.8, 4) is 28.4 Å². The van der Waals surface area contributed by atoms with E-state index in [1.807, 2.05) is 36.7 Å². The van der Waals surface area contributed by atoms with Crippen molar-refractivity contribution < 1.29 is 25.8 Å². The zero-order valence-electron chi connectivity index (χ0n) is 33.9. The molecule has 5 aromatic carbocycles. The number of para-hydroxylation sites is 1. The van der Waals surface area contributed by atoms with Gasteiger partial charge >= 0.3 is 0 Å². The number of fused-ring (bicyclic) bond motifs is 4. The van der Waals surface area contributed by atoms with E-state index in [0.29, 0.717) is 11.5 Å². The maximum Gasteiger partial charge on any atom is 0.135 e. The van der Waals surface area contributed by atoms with Crippen LogP contribution >= 0.6 is 0 Å². The Balaban J connectivity index is 0.00000469. The third-order valence-electron chi connectivity index (χ3n) is 10.9. The Morgan fingerprint density at radius 2 is 1.36 bits per heavy atom. The van der Waals surface area contributed by atoms with Crippen molar-refractivity contribution in [2.45, 2.75) is 65.7 Å². The topological polar surface area (TPSA) is 46.4 Å². The molecule has 294 valence electrons. The van der Waals surface area contributed by atoms with Gasteiger partial charge < -0.3 is 19.1 Å². The first-order valence-electron chi connectivity index (χ1n) is 19.8. The molecule has 0 spiro atoms. The average Bonchev–Trinajstić information content (AvgIpc) is 3.76. The number of pyridine rings is 2. The molecule has 0 saturated carbocycles. The van der Waals surface area contributed by atoms with Crippen molar-refractivity contribution in [2.75, 3.05) is 9.80 Å². The molecular weight excluding hydrogens is 894 g/mol. The van der Waals surface area contributed by atoms with Gasteiger partial charge in [0.1, 0.15) is 11.6 Å². The van der Waals surface area contributed by atoms with Gasteiger partial charge in [0.2, 0.25) is 0 Å². The van der Waals surface area contributed by atoms with E-state index in [4.69, 9.17) is 14.7 Å². The zero-order chi connectivity index (χ0) is 39.4. The average molecular weight is 940 g/mol. The molecule has 1 aliphatic rings. The van der Waals surface area contributed by atoms with Crippen LogP contribution in [0.5, 0.6) is 11.5 Å². The van der Waals surface area contributed by atoms with Gasteiger partial charge in [0.05, 0.1) is 5.69 Å². The van der Waals surface area contributed by atoms with Crippen molar-refractivity contribution in [2.24, 2.45) is 0 Å². The largest absolute Gasteiger partial charge is 0.509 e. The number of rotatable bonds is 8. The van der Waals surface area contributed by atoms with E-state index in [2.05, 4.69) is 179 Å². The van der Waals surface area contributed by atoms with Gasteiger partial charge in [0.25, 0.3) is 0 Å². The number of benzene rings is 5. The Labute approximate surface area is 356 Å². The van der Waals surface area contributed by atoms with Gasteiger partial charge in [-0.1, -0.05) is 108 Å².